The van der Waals surface area contributed by atoms with E-state index in [-0.39, 0.29) is 0 Å². The van der Waals surface area contributed by atoms with Gasteiger partial charge in [0, 0.05) is 0 Å². The minimum Gasteiger partial charge on any atom is -0.191 e. The van der Waals surface area contributed by atoms with Gasteiger partial charge in [-0.3, -0.25) is 0 Å². The maximum absolute atomic E-state index is 12.9. The van der Waals surface area contributed by atoms with Gasteiger partial charge in [0.05, 0.1) is 0 Å². The van der Waals surface area contributed by atoms with Crippen molar-refractivity contribution < 1.29 is 12.3 Å². The second kappa shape index (κ2) is 5.36. The van der Waals surface area contributed by atoms with Gasteiger partial charge < -0.3 is 0 Å². The van der Waals surface area contributed by atoms with Crippen LogP contribution in [0, 0.1) is 0 Å². The van der Waals surface area contributed by atoms with Crippen molar-refractivity contribution in [1.82, 2.24) is 0 Å². The van der Waals surface area contributed by atoms with E-state index >= 15 is 0 Å². The molecule has 0 unspecified atom stereocenters. The Morgan fingerprint density at radius 3 is 1.18 bits per heavy atom. The number of halogens is 10. The molecule has 0 saturated carbocycles. The highest BCUT2D eigenvalue weighted by Gasteiger charge is 2.73. The molecular weight excluding hydrogens is 450 g/mol. The first kappa shape index (κ1) is 19.5. The summed E-state index contributed by atoms with van der Waals surface area (Å²) in [6, 6.07) is 0. The van der Waals surface area contributed by atoms with Gasteiger partial charge in [-0.25, -0.2) is 0 Å². The molecule has 0 aromatic heterocycles. The van der Waals surface area contributed by atoms with Crippen molar-refractivity contribution in [3.8, 4) is 0 Å². The lowest BCUT2D eigenvalue weighted by Gasteiger charge is -2.41. The second-order valence-corrected chi connectivity index (χ2v) is 10.8. The highest BCUT2D eigenvalue weighted by molar-refractivity contribution is 7.91. The monoisotopic (exact) mass is 446 g/mol. The van der Waals surface area contributed by atoms with Crippen molar-refractivity contribution in [2.45, 2.75) is 16.1 Å². The predicted octanol–water partition coefficient (Wildman–Crippen LogP) is 5.14. The van der Waals surface area contributed by atoms with Crippen LogP contribution in [-0.4, -0.2) is 24.5 Å². The molecule has 0 aliphatic heterocycles. The maximum Gasteiger partial charge on any atom is 0.340 e. The first-order valence-corrected chi connectivity index (χ1v) is 7.93. The molecule has 2 nitrogen and oxygen atoms in total. The molecule has 0 aliphatic carbocycles. The fourth-order valence-corrected chi connectivity index (χ4v) is 3.40. The van der Waals surface area contributed by atoms with E-state index in [0.29, 0.717) is 0 Å². The number of rotatable bonds is 3. The van der Waals surface area contributed by atoms with E-state index in [0.717, 1.165) is 0 Å². The van der Waals surface area contributed by atoms with Gasteiger partial charge >= 0.3 is 10.2 Å². The van der Waals surface area contributed by atoms with E-state index in [2.05, 4.69) is 0 Å². The zero-order valence-electron chi connectivity index (χ0n) is 7.00. The Hall–Kier alpha value is 2.49. The number of hydrogen-bond acceptors (Lipinski definition) is 2. The molecule has 0 rings (SSSR count). The lowest BCUT2D eigenvalue weighted by atomic mass is 10.3. The zero-order chi connectivity index (χ0) is 14.5. The lowest BCUT2D eigenvalue weighted by Crippen LogP contribution is -2.58. The molecule has 17 heavy (non-hydrogen) atoms. The van der Waals surface area contributed by atoms with Crippen molar-refractivity contribution >= 4 is 115 Å². The molecule has 0 heterocycles. The van der Waals surface area contributed by atoms with Crippen LogP contribution in [0.15, 0.2) is 0 Å². The average molecular weight is 450 g/mol. The molecule has 0 N–H and O–H groups in total. The van der Waals surface area contributed by atoms with Gasteiger partial charge in [-0.1, -0.05) is 104 Å². The fraction of sp³-hybridized carbons (Fsp3) is 1.00. The predicted molar refractivity (Wildman–Crippen MR) is 73.6 cm³/mol. The number of hydrogen-bond donors (Lipinski definition) is 0. The summed E-state index contributed by atoms with van der Waals surface area (Å²) >= 11 is 48.3. The van der Waals surface area contributed by atoms with E-state index in [9.17, 15) is 12.3 Å². The highest BCUT2D eigenvalue weighted by atomic mass is 35.6. The molecule has 0 atom stereocenters. The zero-order valence-corrected chi connectivity index (χ0v) is 14.6. The van der Waals surface area contributed by atoms with Crippen LogP contribution < -0.4 is 0 Å². The molecule has 13 heteroatoms. The van der Waals surface area contributed by atoms with E-state index < -0.39 is 26.3 Å². The van der Waals surface area contributed by atoms with Crippen LogP contribution in [0.1, 0.15) is 0 Å². The smallest absolute Gasteiger partial charge is 0.191 e. The Morgan fingerprint density at radius 2 is 1.00 bits per heavy atom. The third kappa shape index (κ3) is 3.39. The molecule has 0 aromatic carbocycles. The minimum absolute atomic E-state index is 2.61. The quantitative estimate of drug-likeness (QED) is 0.441. The largest absolute Gasteiger partial charge is 0.340 e. The fourth-order valence-electron chi connectivity index (χ4n) is 0.514. The minimum atomic E-state index is -5.68. The molecule has 0 amide bonds. The number of alkyl halides is 9. The van der Waals surface area contributed by atoms with Crippen molar-refractivity contribution in [2.24, 2.45) is 0 Å². The molecule has 0 bridgehead atoms. The van der Waals surface area contributed by atoms with E-state index in [4.69, 9.17) is 104 Å². The van der Waals surface area contributed by atoms with Gasteiger partial charge in [0.1, 0.15) is 0 Å². The van der Waals surface area contributed by atoms with Crippen LogP contribution in [0.4, 0.5) is 3.89 Å². The lowest BCUT2D eigenvalue weighted by molar-refractivity contribution is 0.526. The Balaban J connectivity index is 5.91. The Kier molecular flexibility index (Phi) is 6.14. The van der Waals surface area contributed by atoms with Crippen LogP contribution in [-0.2, 0) is 10.2 Å². The van der Waals surface area contributed by atoms with Crippen LogP contribution in [0.5, 0.6) is 0 Å². The molecule has 0 spiro atoms. The molecule has 104 valence electrons. The first-order valence-electron chi connectivity index (χ1n) is 3.14. The normalized spacial score (nSPS) is 16.1. The van der Waals surface area contributed by atoms with E-state index in [1.807, 2.05) is 0 Å². The molecule has 0 radical (unpaired) electrons. The summed E-state index contributed by atoms with van der Waals surface area (Å²) in [6.45, 7) is 0. The van der Waals surface area contributed by atoms with E-state index in [1.165, 1.54) is 0 Å². The van der Waals surface area contributed by atoms with Crippen molar-refractivity contribution in [2.75, 3.05) is 0 Å². The van der Waals surface area contributed by atoms with Gasteiger partial charge in [-0.05, 0) is 0 Å². The third-order valence-corrected chi connectivity index (χ3v) is 8.71. The van der Waals surface area contributed by atoms with Crippen molar-refractivity contribution in [1.29, 1.82) is 0 Å². The molecule has 0 saturated heterocycles. The Bertz CT molecular complexity index is 396. The van der Waals surface area contributed by atoms with Crippen LogP contribution in [0.3, 0.4) is 0 Å². The summed E-state index contributed by atoms with van der Waals surface area (Å²) in [4.78, 5) is 0. The second-order valence-electron chi connectivity index (χ2n) is 2.60. The average Bonchev–Trinajstić information content (AvgIpc) is 1.98. The Morgan fingerprint density at radius 1 is 0.706 bits per heavy atom. The third-order valence-electron chi connectivity index (χ3n) is 1.42. The van der Waals surface area contributed by atoms with Gasteiger partial charge in [0.15, 0.2) is 0 Å². The van der Waals surface area contributed by atoms with Gasteiger partial charge in [0.25, 0.3) is 3.67 Å². The van der Waals surface area contributed by atoms with Crippen LogP contribution >= 0.6 is 104 Å². The van der Waals surface area contributed by atoms with Gasteiger partial charge in [-0.2, -0.15) is 8.42 Å². The molecule has 0 aromatic rings. The maximum atomic E-state index is 12.9. The topological polar surface area (TPSA) is 34.1 Å². The molecule has 0 fully saturated rings. The molecular formula is C4Cl9FO2S. The van der Waals surface area contributed by atoms with Gasteiger partial charge in [0.2, 0.25) is 12.5 Å². The van der Waals surface area contributed by atoms with Crippen molar-refractivity contribution in [3.05, 3.63) is 0 Å². The first-order chi connectivity index (χ1) is 7.00. The molecule has 0 aliphatic rings. The summed E-state index contributed by atoms with van der Waals surface area (Å²) in [6.07, 6.45) is 0. The Labute approximate surface area is 142 Å². The standard InChI is InChI=1S/C4Cl9FO2S/c5-1(6,3(9,10)11)2(7,8)4(12,13)17(14,15)16. The van der Waals surface area contributed by atoms with Crippen molar-refractivity contribution in [3.63, 3.8) is 0 Å². The van der Waals surface area contributed by atoms with E-state index in [1.54, 1.807) is 0 Å². The summed E-state index contributed by atoms with van der Waals surface area (Å²) in [5.74, 6) is 0. The summed E-state index contributed by atoms with van der Waals surface area (Å²) < 4.78 is 22.3. The van der Waals surface area contributed by atoms with Crippen LogP contribution in [0.25, 0.3) is 0 Å². The summed E-state index contributed by atoms with van der Waals surface area (Å²) in [5, 5.41) is 0. The highest BCUT2D eigenvalue weighted by Crippen LogP contribution is 2.63. The SMILES string of the molecule is O=S(=O)(F)C(Cl)(Cl)C(Cl)(Cl)C(Cl)(Cl)C(Cl)(Cl)Cl. The summed E-state index contributed by atoms with van der Waals surface area (Å²) in [5.41, 5.74) is 0. The summed E-state index contributed by atoms with van der Waals surface area (Å²) in [7, 11) is -5.68. The van der Waals surface area contributed by atoms with Gasteiger partial charge in [-0.15, -0.1) is 3.89 Å². The van der Waals surface area contributed by atoms with Crippen LogP contribution in [0.2, 0.25) is 0 Å².